The highest BCUT2D eigenvalue weighted by molar-refractivity contribution is 5.04. The lowest BCUT2D eigenvalue weighted by atomic mass is 9.85. The number of hydrogen-bond donors (Lipinski definition) is 0. The minimum atomic E-state index is 1.04. The second kappa shape index (κ2) is 3.61. The molecule has 0 aromatic heterocycles. The Morgan fingerprint density at radius 1 is 1.50 bits per heavy atom. The van der Waals surface area contributed by atoms with Crippen LogP contribution in [0.1, 0.15) is 32.6 Å². The molecule has 12 heavy (non-hydrogen) atoms. The average Bonchev–Trinajstić information content (AvgIpc) is 1.97. The molecule has 0 aromatic carbocycles. The number of hydrogen-bond acceptors (Lipinski definition) is 1. The van der Waals surface area contributed by atoms with E-state index in [1.165, 1.54) is 45.3 Å². The van der Waals surface area contributed by atoms with Crippen LogP contribution in [0.5, 0.6) is 0 Å². The third-order valence-electron chi connectivity index (χ3n) is 3.15. The fraction of sp³-hybridized carbons (Fsp3) is 0.818. The first kappa shape index (κ1) is 8.31. The smallest absolute Gasteiger partial charge is 0.0190 e. The summed E-state index contributed by atoms with van der Waals surface area (Å²) in [7, 11) is 0. The fourth-order valence-electron chi connectivity index (χ4n) is 2.19. The SMILES string of the molecule is CC1=CCCN(CC2CCC2)C1. The lowest BCUT2D eigenvalue weighted by Crippen LogP contribution is -2.36. The second-order valence-corrected chi connectivity index (χ2v) is 4.37. The van der Waals surface area contributed by atoms with Crippen LogP contribution in [-0.2, 0) is 0 Å². The molecule has 2 rings (SSSR count). The van der Waals surface area contributed by atoms with E-state index in [0.717, 1.165) is 5.92 Å². The van der Waals surface area contributed by atoms with E-state index in [0.29, 0.717) is 0 Å². The van der Waals surface area contributed by atoms with Gasteiger partial charge in [0, 0.05) is 19.6 Å². The maximum absolute atomic E-state index is 2.62. The van der Waals surface area contributed by atoms with Gasteiger partial charge in [0.15, 0.2) is 0 Å². The molecule has 1 nitrogen and oxygen atoms in total. The molecule has 0 bridgehead atoms. The van der Waals surface area contributed by atoms with Crippen molar-refractivity contribution >= 4 is 0 Å². The molecule has 1 fully saturated rings. The van der Waals surface area contributed by atoms with Crippen molar-refractivity contribution in [1.82, 2.24) is 4.90 Å². The molecule has 2 aliphatic rings. The van der Waals surface area contributed by atoms with E-state index in [-0.39, 0.29) is 0 Å². The Morgan fingerprint density at radius 2 is 2.33 bits per heavy atom. The molecule has 1 heteroatoms. The Balaban J connectivity index is 1.77. The van der Waals surface area contributed by atoms with Crippen LogP contribution in [0.2, 0.25) is 0 Å². The van der Waals surface area contributed by atoms with E-state index in [9.17, 15) is 0 Å². The third-order valence-corrected chi connectivity index (χ3v) is 3.15. The summed E-state index contributed by atoms with van der Waals surface area (Å²) in [5.41, 5.74) is 1.57. The maximum atomic E-state index is 2.62. The Hall–Kier alpha value is -0.300. The number of nitrogens with zero attached hydrogens (tertiary/aromatic N) is 1. The topological polar surface area (TPSA) is 3.24 Å². The van der Waals surface area contributed by atoms with Crippen molar-refractivity contribution in [2.45, 2.75) is 32.6 Å². The van der Waals surface area contributed by atoms with Gasteiger partial charge in [-0.2, -0.15) is 0 Å². The maximum Gasteiger partial charge on any atom is 0.0190 e. The fourth-order valence-corrected chi connectivity index (χ4v) is 2.19. The van der Waals surface area contributed by atoms with Crippen molar-refractivity contribution in [2.75, 3.05) is 19.6 Å². The monoisotopic (exact) mass is 165 g/mol. The van der Waals surface area contributed by atoms with Crippen molar-refractivity contribution in [1.29, 1.82) is 0 Å². The van der Waals surface area contributed by atoms with Gasteiger partial charge in [-0.1, -0.05) is 18.1 Å². The minimum Gasteiger partial charge on any atom is -0.299 e. The molecule has 0 amide bonds. The van der Waals surface area contributed by atoms with Crippen LogP contribution in [0.25, 0.3) is 0 Å². The summed E-state index contributed by atoms with van der Waals surface area (Å²) in [4.78, 5) is 2.62. The molecule has 0 atom stereocenters. The third kappa shape index (κ3) is 1.89. The van der Waals surface area contributed by atoms with Gasteiger partial charge in [0.2, 0.25) is 0 Å². The summed E-state index contributed by atoms with van der Waals surface area (Å²) in [6, 6.07) is 0. The van der Waals surface area contributed by atoms with E-state index in [1.807, 2.05) is 0 Å². The van der Waals surface area contributed by atoms with E-state index in [2.05, 4.69) is 17.9 Å². The van der Waals surface area contributed by atoms with Gasteiger partial charge in [-0.25, -0.2) is 0 Å². The molecular weight excluding hydrogens is 146 g/mol. The molecule has 0 unspecified atom stereocenters. The van der Waals surface area contributed by atoms with Gasteiger partial charge in [-0.15, -0.1) is 0 Å². The van der Waals surface area contributed by atoms with Crippen LogP contribution in [-0.4, -0.2) is 24.5 Å². The molecule has 1 heterocycles. The summed E-state index contributed by atoms with van der Waals surface area (Å²) in [5.74, 6) is 1.04. The predicted octanol–water partition coefficient (Wildman–Crippen LogP) is 2.44. The largest absolute Gasteiger partial charge is 0.299 e. The molecular formula is C11H19N. The van der Waals surface area contributed by atoms with Crippen molar-refractivity contribution in [2.24, 2.45) is 5.92 Å². The Bertz CT molecular complexity index is 179. The first-order valence-electron chi connectivity index (χ1n) is 5.22. The Morgan fingerprint density at radius 3 is 2.92 bits per heavy atom. The van der Waals surface area contributed by atoms with Crippen LogP contribution in [0.4, 0.5) is 0 Å². The van der Waals surface area contributed by atoms with E-state index in [1.54, 1.807) is 5.57 Å². The minimum absolute atomic E-state index is 1.04. The van der Waals surface area contributed by atoms with Crippen molar-refractivity contribution in [3.63, 3.8) is 0 Å². The van der Waals surface area contributed by atoms with Gasteiger partial charge in [-0.05, 0) is 32.1 Å². The summed E-state index contributed by atoms with van der Waals surface area (Å²) in [6.45, 7) is 6.16. The lowest BCUT2D eigenvalue weighted by molar-refractivity contribution is 0.185. The predicted molar refractivity (Wildman–Crippen MR) is 52.2 cm³/mol. The van der Waals surface area contributed by atoms with Gasteiger partial charge in [0.1, 0.15) is 0 Å². The van der Waals surface area contributed by atoms with Crippen LogP contribution >= 0.6 is 0 Å². The summed E-state index contributed by atoms with van der Waals surface area (Å²) in [6.07, 6.45) is 8.11. The van der Waals surface area contributed by atoms with Crippen molar-refractivity contribution in [3.05, 3.63) is 11.6 Å². The molecule has 0 spiro atoms. The van der Waals surface area contributed by atoms with E-state index in [4.69, 9.17) is 0 Å². The molecule has 1 saturated carbocycles. The van der Waals surface area contributed by atoms with Crippen LogP contribution < -0.4 is 0 Å². The highest BCUT2D eigenvalue weighted by atomic mass is 15.1. The highest BCUT2D eigenvalue weighted by Crippen LogP contribution is 2.27. The summed E-state index contributed by atoms with van der Waals surface area (Å²) in [5, 5.41) is 0. The Labute approximate surface area is 75.4 Å². The molecule has 1 aliphatic heterocycles. The van der Waals surface area contributed by atoms with E-state index < -0.39 is 0 Å². The van der Waals surface area contributed by atoms with Gasteiger partial charge in [0.25, 0.3) is 0 Å². The zero-order valence-corrected chi connectivity index (χ0v) is 8.05. The van der Waals surface area contributed by atoms with E-state index >= 15 is 0 Å². The van der Waals surface area contributed by atoms with Crippen LogP contribution in [0, 0.1) is 5.92 Å². The average molecular weight is 165 g/mol. The molecule has 0 N–H and O–H groups in total. The summed E-state index contributed by atoms with van der Waals surface area (Å²) >= 11 is 0. The highest BCUT2D eigenvalue weighted by Gasteiger charge is 2.21. The molecule has 68 valence electrons. The molecule has 0 saturated heterocycles. The molecule has 1 aliphatic carbocycles. The summed E-state index contributed by atoms with van der Waals surface area (Å²) < 4.78 is 0. The lowest BCUT2D eigenvalue weighted by Gasteiger charge is -2.34. The molecule has 0 aromatic rings. The van der Waals surface area contributed by atoms with Crippen molar-refractivity contribution < 1.29 is 0 Å². The molecule has 0 radical (unpaired) electrons. The standard InChI is InChI=1S/C11H19N/c1-10-4-3-7-12(8-10)9-11-5-2-6-11/h4,11H,2-3,5-9H2,1H3. The van der Waals surface area contributed by atoms with Crippen molar-refractivity contribution in [3.8, 4) is 0 Å². The van der Waals surface area contributed by atoms with Gasteiger partial charge in [-0.3, -0.25) is 4.90 Å². The normalized spacial score (nSPS) is 26.6. The zero-order valence-electron chi connectivity index (χ0n) is 8.05. The van der Waals surface area contributed by atoms with Gasteiger partial charge >= 0.3 is 0 Å². The zero-order chi connectivity index (χ0) is 8.39. The first-order chi connectivity index (χ1) is 5.84. The second-order valence-electron chi connectivity index (χ2n) is 4.37. The van der Waals surface area contributed by atoms with Gasteiger partial charge < -0.3 is 0 Å². The number of rotatable bonds is 2. The van der Waals surface area contributed by atoms with Crippen LogP contribution in [0.3, 0.4) is 0 Å². The Kier molecular flexibility index (Phi) is 2.50. The van der Waals surface area contributed by atoms with Gasteiger partial charge in [0.05, 0.1) is 0 Å². The first-order valence-corrected chi connectivity index (χ1v) is 5.22. The quantitative estimate of drug-likeness (QED) is 0.568. The van der Waals surface area contributed by atoms with Crippen LogP contribution in [0.15, 0.2) is 11.6 Å².